The van der Waals surface area contributed by atoms with Crippen molar-refractivity contribution in [2.45, 2.75) is 51.0 Å². The van der Waals surface area contributed by atoms with E-state index >= 15 is 0 Å². The molecule has 20 heavy (non-hydrogen) atoms. The summed E-state index contributed by atoms with van der Waals surface area (Å²) < 4.78 is 0. The van der Waals surface area contributed by atoms with Gasteiger partial charge in [0.1, 0.15) is 0 Å². The van der Waals surface area contributed by atoms with Crippen LogP contribution in [0.2, 0.25) is 0 Å². The van der Waals surface area contributed by atoms with Crippen LogP contribution in [0.3, 0.4) is 0 Å². The zero-order valence-corrected chi connectivity index (χ0v) is 13.0. The van der Waals surface area contributed by atoms with E-state index in [1.165, 1.54) is 0 Å². The predicted molar refractivity (Wildman–Crippen MR) is 81.8 cm³/mol. The Bertz CT molecular complexity index is 328. The summed E-state index contributed by atoms with van der Waals surface area (Å²) >= 11 is 1.65. The summed E-state index contributed by atoms with van der Waals surface area (Å²) in [5.74, 6) is -0.195. The van der Waals surface area contributed by atoms with Gasteiger partial charge in [0.2, 0.25) is 5.91 Å². The number of rotatable bonds is 7. The van der Waals surface area contributed by atoms with Crippen molar-refractivity contribution in [3.8, 4) is 0 Å². The van der Waals surface area contributed by atoms with Gasteiger partial charge in [0.15, 0.2) is 0 Å². The van der Waals surface area contributed by atoms with Crippen LogP contribution in [0.5, 0.6) is 0 Å². The molecule has 116 valence electrons. The maximum atomic E-state index is 11.9. The third-order valence-corrected chi connectivity index (χ3v) is 4.73. The normalized spacial score (nSPS) is 19.9. The van der Waals surface area contributed by atoms with Gasteiger partial charge >= 0.3 is 5.97 Å². The number of carbonyl (C=O) groups is 2. The van der Waals surface area contributed by atoms with Gasteiger partial charge in [-0.2, -0.15) is 11.8 Å². The van der Waals surface area contributed by atoms with Crippen molar-refractivity contribution in [3.63, 3.8) is 0 Å². The Balaban J connectivity index is 2.54. The number of thioether (sulfide) groups is 1. The second kappa shape index (κ2) is 8.52. The lowest BCUT2D eigenvalue weighted by Crippen LogP contribution is -2.48. The standard InChI is InChI=1S/C14H26N2O3S/c1-20-9-6-11(15)12(17)16-10-14(13(18)19)7-4-2-3-5-8-14/h11H,2-10,15H2,1H3,(H,16,17)(H,18,19)/t11-/m1/s1. The smallest absolute Gasteiger partial charge is 0.311 e. The molecule has 1 aliphatic rings. The molecule has 0 saturated heterocycles. The molecule has 0 radical (unpaired) electrons. The second-order valence-electron chi connectivity index (χ2n) is 5.61. The first-order valence-corrected chi connectivity index (χ1v) is 8.67. The van der Waals surface area contributed by atoms with Crippen LogP contribution in [0.4, 0.5) is 0 Å². The number of carboxylic acid groups (broad SMARTS) is 1. The molecule has 1 aliphatic carbocycles. The van der Waals surface area contributed by atoms with Crippen molar-refractivity contribution in [3.05, 3.63) is 0 Å². The van der Waals surface area contributed by atoms with Crippen molar-refractivity contribution in [1.29, 1.82) is 0 Å². The molecule has 4 N–H and O–H groups in total. The molecule has 0 unspecified atom stereocenters. The van der Waals surface area contributed by atoms with Gasteiger partial charge in [-0.25, -0.2) is 0 Å². The minimum atomic E-state index is -0.800. The number of carbonyl (C=O) groups excluding carboxylic acids is 1. The summed E-state index contributed by atoms with van der Waals surface area (Å²) in [5, 5.41) is 12.3. The number of carboxylic acids is 1. The van der Waals surface area contributed by atoms with E-state index in [2.05, 4.69) is 5.32 Å². The molecule has 0 heterocycles. The maximum Gasteiger partial charge on any atom is 0.311 e. The SMILES string of the molecule is CSCC[C@@H](N)C(=O)NCC1(C(=O)O)CCCCCC1. The van der Waals surface area contributed by atoms with Crippen molar-refractivity contribution >= 4 is 23.6 Å². The van der Waals surface area contributed by atoms with Crippen molar-refractivity contribution in [1.82, 2.24) is 5.32 Å². The van der Waals surface area contributed by atoms with E-state index in [-0.39, 0.29) is 12.5 Å². The highest BCUT2D eigenvalue weighted by molar-refractivity contribution is 7.98. The molecule has 1 atom stereocenters. The molecule has 0 aromatic rings. The lowest BCUT2D eigenvalue weighted by atomic mass is 9.80. The summed E-state index contributed by atoms with van der Waals surface area (Å²) in [7, 11) is 0. The molecule has 6 heteroatoms. The van der Waals surface area contributed by atoms with Crippen LogP contribution < -0.4 is 11.1 Å². The van der Waals surface area contributed by atoms with Crippen LogP contribution >= 0.6 is 11.8 Å². The monoisotopic (exact) mass is 302 g/mol. The van der Waals surface area contributed by atoms with E-state index in [0.29, 0.717) is 19.3 Å². The minimum absolute atomic E-state index is 0.203. The van der Waals surface area contributed by atoms with Gasteiger partial charge in [0.25, 0.3) is 0 Å². The van der Waals surface area contributed by atoms with Crippen LogP contribution in [0.15, 0.2) is 0 Å². The quantitative estimate of drug-likeness (QED) is 0.621. The summed E-state index contributed by atoms with van der Waals surface area (Å²) in [6.07, 6.45) is 7.86. The van der Waals surface area contributed by atoms with Crippen LogP contribution in [0, 0.1) is 5.41 Å². The Morgan fingerprint density at radius 3 is 2.40 bits per heavy atom. The molecule has 1 amide bonds. The lowest BCUT2D eigenvalue weighted by Gasteiger charge is -2.28. The Morgan fingerprint density at radius 1 is 1.30 bits per heavy atom. The average molecular weight is 302 g/mol. The second-order valence-corrected chi connectivity index (χ2v) is 6.59. The van der Waals surface area contributed by atoms with E-state index in [4.69, 9.17) is 5.73 Å². The van der Waals surface area contributed by atoms with Crippen LogP contribution in [0.1, 0.15) is 44.9 Å². The van der Waals surface area contributed by atoms with Gasteiger partial charge in [-0.05, 0) is 31.3 Å². The molecule has 0 aromatic heterocycles. The molecule has 5 nitrogen and oxygen atoms in total. The van der Waals surface area contributed by atoms with Gasteiger partial charge in [-0.15, -0.1) is 0 Å². The fourth-order valence-electron chi connectivity index (χ4n) is 2.63. The van der Waals surface area contributed by atoms with Crippen molar-refractivity contribution < 1.29 is 14.7 Å². The fraction of sp³-hybridized carbons (Fsp3) is 0.857. The first-order chi connectivity index (χ1) is 9.52. The van der Waals surface area contributed by atoms with Crippen LogP contribution in [-0.2, 0) is 9.59 Å². The first kappa shape index (κ1) is 17.3. The molecule has 0 aromatic carbocycles. The molecular formula is C14H26N2O3S. The zero-order chi connectivity index (χ0) is 15.0. The van der Waals surface area contributed by atoms with Gasteiger partial charge in [-0.3, -0.25) is 9.59 Å². The molecule has 1 saturated carbocycles. The molecule has 1 rings (SSSR count). The molecule has 1 fully saturated rings. The Labute approximate surface area is 125 Å². The summed E-state index contributed by atoms with van der Waals surface area (Å²) in [4.78, 5) is 23.5. The Morgan fingerprint density at radius 2 is 1.90 bits per heavy atom. The summed E-state index contributed by atoms with van der Waals surface area (Å²) in [6, 6.07) is -0.543. The Kier molecular flexibility index (Phi) is 7.37. The van der Waals surface area contributed by atoms with Crippen molar-refractivity contribution in [2.75, 3.05) is 18.6 Å². The average Bonchev–Trinajstić information content (AvgIpc) is 2.68. The van der Waals surface area contributed by atoms with E-state index in [1.807, 2.05) is 6.26 Å². The third-order valence-electron chi connectivity index (χ3n) is 4.09. The van der Waals surface area contributed by atoms with Crippen molar-refractivity contribution in [2.24, 2.45) is 11.1 Å². The van der Waals surface area contributed by atoms with Crippen LogP contribution in [0.25, 0.3) is 0 Å². The van der Waals surface area contributed by atoms with E-state index in [0.717, 1.165) is 31.4 Å². The first-order valence-electron chi connectivity index (χ1n) is 7.27. The zero-order valence-electron chi connectivity index (χ0n) is 12.2. The number of nitrogens with one attached hydrogen (secondary N) is 1. The number of hydrogen-bond donors (Lipinski definition) is 3. The van der Waals surface area contributed by atoms with Gasteiger partial charge < -0.3 is 16.2 Å². The largest absolute Gasteiger partial charge is 0.481 e. The highest BCUT2D eigenvalue weighted by atomic mass is 32.2. The molecular weight excluding hydrogens is 276 g/mol. The maximum absolute atomic E-state index is 11.9. The molecule has 0 aliphatic heterocycles. The van der Waals surface area contributed by atoms with E-state index in [1.54, 1.807) is 11.8 Å². The number of aliphatic carboxylic acids is 1. The summed E-state index contributed by atoms with van der Waals surface area (Å²) in [5.41, 5.74) is 5.00. The number of hydrogen-bond acceptors (Lipinski definition) is 4. The van der Waals surface area contributed by atoms with E-state index < -0.39 is 17.4 Å². The minimum Gasteiger partial charge on any atom is -0.481 e. The third kappa shape index (κ3) is 4.98. The highest BCUT2D eigenvalue weighted by Gasteiger charge is 2.39. The van der Waals surface area contributed by atoms with Gasteiger partial charge in [-0.1, -0.05) is 25.7 Å². The molecule has 0 bridgehead atoms. The van der Waals surface area contributed by atoms with Gasteiger partial charge in [0.05, 0.1) is 11.5 Å². The summed E-state index contributed by atoms with van der Waals surface area (Å²) in [6.45, 7) is 0.203. The lowest BCUT2D eigenvalue weighted by molar-refractivity contribution is -0.149. The van der Waals surface area contributed by atoms with Gasteiger partial charge in [0, 0.05) is 6.54 Å². The molecule has 0 spiro atoms. The topological polar surface area (TPSA) is 92.4 Å². The Hall–Kier alpha value is -0.750. The van der Waals surface area contributed by atoms with Crippen LogP contribution in [-0.4, -0.2) is 41.6 Å². The predicted octanol–water partition coefficient (Wildman–Crippen LogP) is 1.61. The number of amides is 1. The number of nitrogens with two attached hydrogens (primary N) is 1. The van der Waals surface area contributed by atoms with E-state index in [9.17, 15) is 14.7 Å². The fourth-order valence-corrected chi connectivity index (χ4v) is 3.12. The highest BCUT2D eigenvalue weighted by Crippen LogP contribution is 2.34.